The molecule has 0 atom stereocenters. The molecule has 3 rings (SSSR count). The molecular formula is C20H22FN7. The van der Waals surface area contributed by atoms with E-state index in [0.717, 1.165) is 12.2 Å². The Morgan fingerprint density at radius 2 is 1.86 bits per heavy atom. The van der Waals surface area contributed by atoms with Crippen LogP contribution in [0, 0.1) is 5.82 Å². The Morgan fingerprint density at radius 3 is 2.54 bits per heavy atom. The molecule has 0 aliphatic rings. The highest BCUT2D eigenvalue weighted by molar-refractivity contribution is 5.61. The van der Waals surface area contributed by atoms with Gasteiger partial charge >= 0.3 is 0 Å². The van der Waals surface area contributed by atoms with Crippen molar-refractivity contribution in [3.05, 3.63) is 72.2 Å². The van der Waals surface area contributed by atoms with Gasteiger partial charge in [-0.15, -0.1) is 0 Å². The molecule has 0 aliphatic carbocycles. The lowest BCUT2D eigenvalue weighted by molar-refractivity contribution is 0.402. The molecule has 0 bridgehead atoms. The smallest absolute Gasteiger partial charge is 0.229 e. The van der Waals surface area contributed by atoms with Gasteiger partial charge in [0.05, 0.1) is 12.7 Å². The second-order valence-electron chi connectivity index (χ2n) is 6.38. The predicted octanol–water partition coefficient (Wildman–Crippen LogP) is 4.56. The molecule has 28 heavy (non-hydrogen) atoms. The summed E-state index contributed by atoms with van der Waals surface area (Å²) < 4.78 is 13.6. The lowest BCUT2D eigenvalue weighted by Crippen LogP contribution is -2.11. The van der Waals surface area contributed by atoms with Crippen LogP contribution >= 0.6 is 0 Å². The molecule has 7 nitrogen and oxygen atoms in total. The van der Waals surface area contributed by atoms with Gasteiger partial charge in [-0.05, 0) is 50.0 Å². The van der Waals surface area contributed by atoms with Crippen molar-refractivity contribution in [3.8, 4) is 0 Å². The molecule has 0 radical (unpaired) electrons. The lowest BCUT2D eigenvalue weighted by atomic mass is 10.2. The van der Waals surface area contributed by atoms with E-state index in [1.54, 1.807) is 31.4 Å². The largest absolute Gasteiger partial charge is 0.324 e. The number of halogens is 1. The summed E-state index contributed by atoms with van der Waals surface area (Å²) in [6, 6.07) is 15.8. The van der Waals surface area contributed by atoms with Crippen LogP contribution in [0.1, 0.15) is 5.56 Å². The number of nitrogens with zero attached hydrogens (tertiary/aromatic N) is 6. The van der Waals surface area contributed by atoms with E-state index in [-0.39, 0.29) is 5.82 Å². The van der Waals surface area contributed by atoms with Crippen molar-refractivity contribution >= 4 is 23.1 Å². The minimum absolute atomic E-state index is 0.362. The lowest BCUT2D eigenvalue weighted by Gasteiger charge is -2.17. The molecule has 0 spiro atoms. The number of hydrogen-bond acceptors (Lipinski definition) is 6. The fraction of sp³-hybridized carbons (Fsp3) is 0.200. The van der Waals surface area contributed by atoms with E-state index in [9.17, 15) is 4.39 Å². The van der Waals surface area contributed by atoms with Crippen molar-refractivity contribution in [2.45, 2.75) is 6.54 Å². The first-order valence-corrected chi connectivity index (χ1v) is 8.74. The standard InChI is InChI=1S/C20H22FN7/c1-22-26-28(18-6-4-5-16(21)13-18)19-11-12-23-20(25-19)24-17-9-7-15(8-10-17)14-27(2)3/h4-13H,14H2,1-3H3,(H,23,24,25). The highest BCUT2D eigenvalue weighted by Crippen LogP contribution is 2.26. The van der Waals surface area contributed by atoms with Gasteiger partial charge in [-0.2, -0.15) is 15.1 Å². The molecule has 8 heteroatoms. The Kier molecular flexibility index (Phi) is 6.23. The Morgan fingerprint density at radius 1 is 1.07 bits per heavy atom. The summed E-state index contributed by atoms with van der Waals surface area (Å²) in [5.74, 6) is 0.516. The normalized spacial score (nSPS) is 11.2. The molecule has 3 aromatic rings. The number of hydrogen-bond donors (Lipinski definition) is 1. The van der Waals surface area contributed by atoms with E-state index in [1.807, 2.05) is 26.2 Å². The minimum atomic E-state index is -0.362. The van der Waals surface area contributed by atoms with Gasteiger partial charge in [-0.1, -0.05) is 23.4 Å². The van der Waals surface area contributed by atoms with E-state index in [1.165, 1.54) is 22.7 Å². The molecule has 0 unspecified atom stereocenters. The van der Waals surface area contributed by atoms with Crippen molar-refractivity contribution in [2.75, 3.05) is 31.5 Å². The summed E-state index contributed by atoms with van der Waals surface area (Å²) in [5, 5.41) is 12.5. The molecule has 0 aliphatic heterocycles. The molecular weight excluding hydrogens is 357 g/mol. The van der Waals surface area contributed by atoms with E-state index in [0.29, 0.717) is 17.5 Å². The third-order valence-corrected chi connectivity index (χ3v) is 3.80. The first-order chi connectivity index (χ1) is 13.5. The van der Waals surface area contributed by atoms with E-state index in [4.69, 9.17) is 0 Å². The molecule has 1 N–H and O–H groups in total. The second-order valence-corrected chi connectivity index (χ2v) is 6.38. The van der Waals surface area contributed by atoms with Crippen LogP contribution in [0.25, 0.3) is 0 Å². The maximum atomic E-state index is 13.6. The first-order valence-electron chi connectivity index (χ1n) is 8.74. The molecule has 2 aromatic carbocycles. The summed E-state index contributed by atoms with van der Waals surface area (Å²) >= 11 is 0. The number of aromatic nitrogens is 2. The first kappa shape index (κ1) is 19.4. The predicted molar refractivity (Wildman–Crippen MR) is 108 cm³/mol. The van der Waals surface area contributed by atoms with Crippen LogP contribution < -0.4 is 10.3 Å². The summed E-state index contributed by atoms with van der Waals surface area (Å²) in [4.78, 5) is 10.8. The number of anilines is 4. The zero-order valence-electron chi connectivity index (χ0n) is 16.0. The van der Waals surface area contributed by atoms with Crippen molar-refractivity contribution in [2.24, 2.45) is 10.3 Å². The fourth-order valence-corrected chi connectivity index (χ4v) is 2.64. The van der Waals surface area contributed by atoms with E-state index < -0.39 is 0 Å². The van der Waals surface area contributed by atoms with Gasteiger partial charge in [-0.3, -0.25) is 0 Å². The monoisotopic (exact) mass is 379 g/mol. The zero-order chi connectivity index (χ0) is 19.9. The quantitative estimate of drug-likeness (QED) is 0.482. The highest BCUT2D eigenvalue weighted by atomic mass is 19.1. The van der Waals surface area contributed by atoms with Gasteiger partial charge in [0.15, 0.2) is 5.82 Å². The van der Waals surface area contributed by atoms with Crippen LogP contribution in [0.15, 0.2) is 71.1 Å². The van der Waals surface area contributed by atoms with Crippen molar-refractivity contribution in [3.63, 3.8) is 0 Å². The Bertz CT molecular complexity index is 941. The van der Waals surface area contributed by atoms with Crippen LogP contribution in [0.3, 0.4) is 0 Å². The van der Waals surface area contributed by atoms with Gasteiger partial charge < -0.3 is 10.2 Å². The SMILES string of the molecule is CN=NN(c1cccc(F)c1)c1ccnc(Nc2ccc(CN(C)C)cc2)n1. The van der Waals surface area contributed by atoms with Gasteiger partial charge in [-0.25, -0.2) is 9.37 Å². The van der Waals surface area contributed by atoms with Crippen molar-refractivity contribution in [1.82, 2.24) is 14.9 Å². The topological polar surface area (TPSA) is 69.0 Å². The second kappa shape index (κ2) is 9.01. The molecule has 0 saturated heterocycles. The minimum Gasteiger partial charge on any atom is -0.324 e. The van der Waals surface area contributed by atoms with Crippen LogP contribution in [0.4, 0.5) is 27.5 Å². The number of benzene rings is 2. The van der Waals surface area contributed by atoms with Crippen LogP contribution in [-0.2, 0) is 6.54 Å². The van der Waals surface area contributed by atoms with E-state index >= 15 is 0 Å². The molecule has 0 saturated carbocycles. The van der Waals surface area contributed by atoms with Crippen molar-refractivity contribution in [1.29, 1.82) is 0 Å². The zero-order valence-corrected chi connectivity index (χ0v) is 16.0. The molecule has 0 fully saturated rings. The Balaban J connectivity index is 1.82. The third kappa shape index (κ3) is 5.08. The average Bonchev–Trinajstić information content (AvgIpc) is 2.67. The number of rotatable bonds is 7. The maximum Gasteiger partial charge on any atom is 0.229 e. The van der Waals surface area contributed by atoms with Gasteiger partial charge in [0.25, 0.3) is 0 Å². The molecule has 1 aromatic heterocycles. The average molecular weight is 379 g/mol. The Labute approximate surface area is 163 Å². The van der Waals surface area contributed by atoms with Crippen LogP contribution in [-0.4, -0.2) is 36.0 Å². The third-order valence-electron chi connectivity index (χ3n) is 3.80. The van der Waals surface area contributed by atoms with Gasteiger partial charge in [0.1, 0.15) is 5.82 Å². The Hall–Kier alpha value is -3.39. The summed E-state index contributed by atoms with van der Waals surface area (Å²) in [6.45, 7) is 0.872. The molecule has 1 heterocycles. The molecule has 144 valence electrons. The maximum absolute atomic E-state index is 13.6. The van der Waals surface area contributed by atoms with Crippen LogP contribution in [0.2, 0.25) is 0 Å². The van der Waals surface area contributed by atoms with E-state index in [2.05, 4.69) is 42.7 Å². The van der Waals surface area contributed by atoms with Gasteiger partial charge in [0, 0.05) is 24.5 Å². The number of nitrogens with one attached hydrogen (secondary N) is 1. The van der Waals surface area contributed by atoms with Crippen molar-refractivity contribution < 1.29 is 4.39 Å². The molecule has 0 amide bonds. The van der Waals surface area contributed by atoms with Crippen LogP contribution in [0.5, 0.6) is 0 Å². The van der Waals surface area contributed by atoms with Gasteiger partial charge in [0.2, 0.25) is 5.95 Å². The summed E-state index contributed by atoms with van der Waals surface area (Å²) in [6.07, 6.45) is 1.61. The summed E-state index contributed by atoms with van der Waals surface area (Å²) in [5.41, 5.74) is 2.60. The summed E-state index contributed by atoms with van der Waals surface area (Å²) in [7, 11) is 5.61. The highest BCUT2D eigenvalue weighted by Gasteiger charge is 2.12. The fourth-order valence-electron chi connectivity index (χ4n) is 2.64.